The molecule has 2 rings (SSSR count). The number of ketones is 1. The Labute approximate surface area is 96.2 Å². The Morgan fingerprint density at radius 1 is 1.25 bits per heavy atom. The first-order valence-corrected chi connectivity index (χ1v) is 6.11. The van der Waals surface area contributed by atoms with Gasteiger partial charge in [0.1, 0.15) is 5.78 Å². The zero-order valence-corrected chi connectivity index (χ0v) is 10.1. The van der Waals surface area contributed by atoms with Crippen LogP contribution in [0.2, 0.25) is 0 Å². The Bertz CT molecular complexity index is 312. The van der Waals surface area contributed by atoms with Crippen LogP contribution in [0.1, 0.15) is 52.4 Å². The molecule has 2 fully saturated rings. The first-order valence-electron chi connectivity index (χ1n) is 6.11. The van der Waals surface area contributed by atoms with Gasteiger partial charge in [-0.15, -0.1) is 0 Å². The minimum absolute atomic E-state index is 0.118. The van der Waals surface area contributed by atoms with Crippen molar-refractivity contribution in [1.82, 2.24) is 0 Å². The molecule has 2 aliphatic carbocycles. The summed E-state index contributed by atoms with van der Waals surface area (Å²) in [5.41, 5.74) is -0.350. The maximum Gasteiger partial charge on any atom is 0.310 e. The normalized spacial score (nSPS) is 28.5. The second-order valence-corrected chi connectivity index (χ2v) is 6.29. The number of carbonyl (C=O) groups is 2. The van der Waals surface area contributed by atoms with Gasteiger partial charge < -0.3 is 5.11 Å². The molecule has 0 aromatic rings. The standard InChI is InChI=1S/C13H20O3/c1-12(2)5-3-9(4-6-12)13(11(15)16)7-10(14)8-13/h9H,3-8H2,1-2H3,(H,15,16). The van der Waals surface area contributed by atoms with E-state index in [0.29, 0.717) is 5.41 Å². The van der Waals surface area contributed by atoms with Crippen molar-refractivity contribution in [3.05, 3.63) is 0 Å². The molecule has 16 heavy (non-hydrogen) atoms. The largest absolute Gasteiger partial charge is 0.481 e. The second-order valence-electron chi connectivity index (χ2n) is 6.29. The van der Waals surface area contributed by atoms with E-state index < -0.39 is 11.4 Å². The molecule has 0 aliphatic heterocycles. The number of hydrogen-bond acceptors (Lipinski definition) is 2. The van der Waals surface area contributed by atoms with Crippen LogP contribution in [0.15, 0.2) is 0 Å². The highest BCUT2D eigenvalue weighted by molar-refractivity contribution is 5.97. The average molecular weight is 224 g/mol. The number of hydrogen-bond donors (Lipinski definition) is 1. The van der Waals surface area contributed by atoms with Crippen LogP contribution in [0.4, 0.5) is 0 Å². The quantitative estimate of drug-likeness (QED) is 0.784. The first kappa shape index (κ1) is 11.6. The van der Waals surface area contributed by atoms with Crippen molar-refractivity contribution in [2.24, 2.45) is 16.7 Å². The number of carboxylic acids is 1. The highest BCUT2D eigenvalue weighted by atomic mass is 16.4. The van der Waals surface area contributed by atoms with E-state index in [1.54, 1.807) is 0 Å². The van der Waals surface area contributed by atoms with E-state index >= 15 is 0 Å². The Balaban J connectivity index is 2.07. The highest BCUT2D eigenvalue weighted by Gasteiger charge is 2.55. The molecule has 3 heteroatoms. The molecule has 3 nitrogen and oxygen atoms in total. The van der Waals surface area contributed by atoms with Gasteiger partial charge in [0.05, 0.1) is 5.41 Å². The van der Waals surface area contributed by atoms with E-state index in [4.69, 9.17) is 0 Å². The summed E-state index contributed by atoms with van der Waals surface area (Å²) in [5, 5.41) is 9.33. The van der Waals surface area contributed by atoms with Gasteiger partial charge >= 0.3 is 5.97 Å². The van der Waals surface area contributed by atoms with Crippen LogP contribution >= 0.6 is 0 Å². The first-order chi connectivity index (χ1) is 7.36. The molecule has 2 aliphatic rings. The fraction of sp³-hybridized carbons (Fsp3) is 0.846. The molecule has 1 N–H and O–H groups in total. The Morgan fingerprint density at radius 2 is 1.75 bits per heavy atom. The molecule has 90 valence electrons. The van der Waals surface area contributed by atoms with Gasteiger partial charge in [-0.2, -0.15) is 0 Å². The Kier molecular flexibility index (Phi) is 2.59. The second kappa shape index (κ2) is 3.57. The van der Waals surface area contributed by atoms with Crippen molar-refractivity contribution in [3.8, 4) is 0 Å². The van der Waals surface area contributed by atoms with Gasteiger partial charge in [0.2, 0.25) is 0 Å². The summed E-state index contributed by atoms with van der Waals surface area (Å²) in [6, 6.07) is 0. The summed E-state index contributed by atoms with van der Waals surface area (Å²) in [4.78, 5) is 22.5. The smallest absolute Gasteiger partial charge is 0.310 e. The predicted octanol–water partition coefficient (Wildman–Crippen LogP) is 2.64. The molecular weight excluding hydrogens is 204 g/mol. The summed E-state index contributed by atoms with van der Waals surface area (Å²) in [6.07, 6.45) is 4.64. The van der Waals surface area contributed by atoms with Crippen molar-refractivity contribution < 1.29 is 14.7 Å². The van der Waals surface area contributed by atoms with E-state index in [-0.39, 0.29) is 24.5 Å². The van der Waals surface area contributed by atoms with Gasteiger partial charge in [0.25, 0.3) is 0 Å². The summed E-state index contributed by atoms with van der Waals surface area (Å²) < 4.78 is 0. The number of carboxylic acid groups (broad SMARTS) is 1. The lowest BCUT2D eigenvalue weighted by Gasteiger charge is -2.47. The van der Waals surface area contributed by atoms with Gasteiger partial charge in [0, 0.05) is 12.8 Å². The monoisotopic (exact) mass is 224 g/mol. The number of aliphatic carboxylic acids is 1. The molecular formula is C13H20O3. The third-order valence-electron chi connectivity index (χ3n) is 4.57. The van der Waals surface area contributed by atoms with Gasteiger partial charge in [-0.25, -0.2) is 0 Å². The van der Waals surface area contributed by atoms with Crippen molar-refractivity contribution >= 4 is 11.8 Å². The van der Waals surface area contributed by atoms with Crippen LogP contribution in [0.3, 0.4) is 0 Å². The van der Waals surface area contributed by atoms with Crippen molar-refractivity contribution in [2.75, 3.05) is 0 Å². The topological polar surface area (TPSA) is 54.4 Å². The molecule has 2 saturated carbocycles. The summed E-state index contributed by atoms with van der Waals surface area (Å²) in [7, 11) is 0. The zero-order chi connectivity index (χ0) is 12.0. The lowest BCUT2D eigenvalue weighted by molar-refractivity contribution is -0.168. The molecule has 0 bridgehead atoms. The van der Waals surface area contributed by atoms with Crippen LogP contribution in [0.5, 0.6) is 0 Å². The molecule has 0 aromatic carbocycles. The Hall–Kier alpha value is -0.860. The maximum atomic E-state index is 11.4. The van der Waals surface area contributed by atoms with Crippen molar-refractivity contribution in [1.29, 1.82) is 0 Å². The highest BCUT2D eigenvalue weighted by Crippen LogP contribution is 2.53. The van der Waals surface area contributed by atoms with Gasteiger partial charge in [0.15, 0.2) is 0 Å². The SMILES string of the molecule is CC1(C)CCC(C2(C(=O)O)CC(=O)C2)CC1. The molecule has 0 radical (unpaired) electrons. The van der Waals surface area contributed by atoms with Crippen LogP contribution in [-0.4, -0.2) is 16.9 Å². The van der Waals surface area contributed by atoms with E-state index in [9.17, 15) is 14.7 Å². The minimum atomic E-state index is -0.753. The van der Waals surface area contributed by atoms with Crippen LogP contribution in [-0.2, 0) is 9.59 Å². The average Bonchev–Trinajstić information content (AvgIpc) is 2.12. The lowest BCUT2D eigenvalue weighted by atomic mass is 9.55. The number of carbonyl (C=O) groups excluding carboxylic acids is 1. The van der Waals surface area contributed by atoms with Crippen LogP contribution in [0, 0.1) is 16.7 Å². The number of rotatable bonds is 2. The molecule has 0 atom stereocenters. The van der Waals surface area contributed by atoms with Gasteiger partial charge in [-0.05, 0) is 37.0 Å². The molecule has 0 spiro atoms. The van der Waals surface area contributed by atoms with Gasteiger partial charge in [-0.1, -0.05) is 13.8 Å². The molecule has 0 amide bonds. The molecule has 0 saturated heterocycles. The van der Waals surface area contributed by atoms with E-state index in [0.717, 1.165) is 25.7 Å². The fourth-order valence-electron chi connectivity index (χ4n) is 3.22. The third kappa shape index (κ3) is 1.76. The number of Topliss-reactive ketones (excluding diaryl/α,β-unsaturated/α-hetero) is 1. The molecule has 0 unspecified atom stereocenters. The summed E-state index contributed by atoms with van der Waals surface area (Å²) in [5.74, 6) is -0.417. The van der Waals surface area contributed by atoms with E-state index in [2.05, 4.69) is 13.8 Å². The molecule has 0 heterocycles. The summed E-state index contributed by atoms with van der Waals surface area (Å²) in [6.45, 7) is 4.48. The van der Waals surface area contributed by atoms with E-state index in [1.807, 2.05) is 0 Å². The predicted molar refractivity (Wildman–Crippen MR) is 60.0 cm³/mol. The zero-order valence-electron chi connectivity index (χ0n) is 10.1. The molecule has 0 aromatic heterocycles. The van der Waals surface area contributed by atoms with Crippen molar-refractivity contribution in [3.63, 3.8) is 0 Å². The van der Waals surface area contributed by atoms with Crippen molar-refractivity contribution in [2.45, 2.75) is 52.4 Å². The summed E-state index contributed by atoms with van der Waals surface area (Å²) >= 11 is 0. The third-order valence-corrected chi connectivity index (χ3v) is 4.57. The minimum Gasteiger partial charge on any atom is -0.481 e. The maximum absolute atomic E-state index is 11.4. The van der Waals surface area contributed by atoms with Crippen LogP contribution in [0.25, 0.3) is 0 Å². The van der Waals surface area contributed by atoms with Gasteiger partial charge in [-0.3, -0.25) is 9.59 Å². The lowest BCUT2D eigenvalue weighted by Crippen LogP contribution is -2.51. The fourth-order valence-corrected chi connectivity index (χ4v) is 3.22. The van der Waals surface area contributed by atoms with Crippen LogP contribution < -0.4 is 0 Å². The van der Waals surface area contributed by atoms with E-state index in [1.165, 1.54) is 0 Å². The Morgan fingerprint density at radius 3 is 2.12 bits per heavy atom.